The minimum atomic E-state index is -0.876. The van der Waals surface area contributed by atoms with E-state index >= 15 is 0 Å². The molecule has 14 heavy (non-hydrogen) atoms. The number of carboxylic acids is 1. The van der Waals surface area contributed by atoms with Crippen molar-refractivity contribution in [3.63, 3.8) is 0 Å². The molecule has 1 aromatic rings. The second-order valence-corrected chi connectivity index (χ2v) is 3.34. The lowest BCUT2D eigenvalue weighted by molar-refractivity contribution is -0.139. The molecule has 0 amide bonds. The van der Waals surface area contributed by atoms with Gasteiger partial charge < -0.3 is 10.2 Å². The minimum Gasteiger partial charge on any atom is -0.480 e. The molecule has 0 unspecified atom stereocenters. The fraction of sp³-hybridized carbons (Fsp3) is 0.300. The number of hydrogen-bond donors (Lipinski definition) is 3. The molecule has 1 aliphatic rings. The molecule has 0 bridgehead atoms. The van der Waals surface area contributed by atoms with Crippen molar-refractivity contribution in [2.24, 2.45) is 0 Å². The Bertz CT molecular complexity index is 376. The Morgan fingerprint density at radius 2 is 2.36 bits per heavy atom. The van der Waals surface area contributed by atoms with Gasteiger partial charge in [0, 0.05) is 6.54 Å². The van der Waals surface area contributed by atoms with Crippen LogP contribution in [-0.2, 0) is 17.9 Å². The van der Waals surface area contributed by atoms with E-state index in [0.717, 1.165) is 16.7 Å². The third-order valence-electron chi connectivity index (χ3n) is 2.45. The summed E-state index contributed by atoms with van der Waals surface area (Å²) < 4.78 is 0. The van der Waals surface area contributed by atoms with E-state index in [4.69, 9.17) is 10.2 Å². The Labute approximate surface area is 81.2 Å². The minimum absolute atomic E-state index is 0.0559. The molecule has 0 saturated carbocycles. The first-order valence-corrected chi connectivity index (χ1v) is 4.41. The summed E-state index contributed by atoms with van der Waals surface area (Å²) in [7, 11) is 0. The molecular formula is C10H11NO3. The van der Waals surface area contributed by atoms with Crippen molar-refractivity contribution >= 4 is 5.97 Å². The summed E-state index contributed by atoms with van der Waals surface area (Å²) in [5.41, 5.74) is 2.51. The molecule has 2 rings (SSSR count). The second-order valence-electron chi connectivity index (χ2n) is 3.34. The molecule has 1 atom stereocenters. The van der Waals surface area contributed by atoms with Crippen LogP contribution >= 0.6 is 0 Å². The third-order valence-corrected chi connectivity index (χ3v) is 2.45. The third kappa shape index (κ3) is 1.38. The predicted octanol–water partition coefficient (Wildman–Crippen LogP) is 0.408. The molecule has 0 fully saturated rings. The summed E-state index contributed by atoms with van der Waals surface area (Å²) in [6.07, 6.45) is 0. The number of carboxylic acid groups (broad SMARTS) is 1. The number of rotatable bonds is 2. The molecule has 1 aromatic carbocycles. The fourth-order valence-electron chi connectivity index (χ4n) is 1.71. The smallest absolute Gasteiger partial charge is 0.325 e. The second kappa shape index (κ2) is 3.40. The average molecular weight is 193 g/mol. The van der Waals surface area contributed by atoms with Crippen LogP contribution in [0.3, 0.4) is 0 Å². The van der Waals surface area contributed by atoms with Crippen molar-refractivity contribution in [1.82, 2.24) is 5.32 Å². The van der Waals surface area contributed by atoms with Crippen LogP contribution in [0.4, 0.5) is 0 Å². The van der Waals surface area contributed by atoms with Gasteiger partial charge in [0.25, 0.3) is 0 Å². The van der Waals surface area contributed by atoms with Crippen LogP contribution in [0.25, 0.3) is 0 Å². The Hall–Kier alpha value is -1.39. The van der Waals surface area contributed by atoms with Crippen LogP contribution in [0.1, 0.15) is 22.7 Å². The van der Waals surface area contributed by atoms with Crippen molar-refractivity contribution in [3.05, 3.63) is 34.9 Å². The fourth-order valence-corrected chi connectivity index (χ4v) is 1.71. The van der Waals surface area contributed by atoms with Crippen molar-refractivity contribution in [1.29, 1.82) is 0 Å². The highest BCUT2D eigenvalue weighted by Crippen LogP contribution is 2.26. The van der Waals surface area contributed by atoms with Crippen LogP contribution in [0, 0.1) is 0 Å². The van der Waals surface area contributed by atoms with E-state index in [1.165, 1.54) is 0 Å². The number of benzene rings is 1. The van der Waals surface area contributed by atoms with E-state index in [0.29, 0.717) is 6.54 Å². The summed E-state index contributed by atoms with van der Waals surface area (Å²) in [5.74, 6) is -0.876. The SMILES string of the molecule is O=C(O)[C@@H]1NCc2ccc(CO)cc21. The van der Waals surface area contributed by atoms with Crippen molar-refractivity contribution in [3.8, 4) is 0 Å². The first kappa shape index (κ1) is 9.18. The van der Waals surface area contributed by atoms with Gasteiger partial charge in [-0.15, -0.1) is 0 Å². The Morgan fingerprint density at radius 3 is 3.00 bits per heavy atom. The van der Waals surface area contributed by atoms with Crippen LogP contribution in [0.15, 0.2) is 18.2 Å². The van der Waals surface area contributed by atoms with E-state index < -0.39 is 12.0 Å². The van der Waals surface area contributed by atoms with Crippen LogP contribution in [0.2, 0.25) is 0 Å². The standard InChI is InChI=1S/C10H11NO3/c12-5-6-1-2-7-4-11-9(10(13)14)8(7)3-6/h1-3,9,11-12H,4-5H2,(H,13,14)/t9-/m1/s1. The lowest BCUT2D eigenvalue weighted by atomic mass is 10.0. The molecule has 4 heteroatoms. The molecular weight excluding hydrogens is 182 g/mol. The molecule has 1 aliphatic heterocycles. The normalized spacial score (nSPS) is 19.4. The van der Waals surface area contributed by atoms with Crippen molar-refractivity contribution < 1.29 is 15.0 Å². The molecule has 0 saturated heterocycles. The van der Waals surface area contributed by atoms with E-state index in [1.807, 2.05) is 12.1 Å². The van der Waals surface area contributed by atoms with E-state index in [-0.39, 0.29) is 6.61 Å². The van der Waals surface area contributed by atoms with Gasteiger partial charge in [0.15, 0.2) is 0 Å². The van der Waals surface area contributed by atoms with Gasteiger partial charge in [0.1, 0.15) is 6.04 Å². The molecule has 74 valence electrons. The summed E-state index contributed by atoms with van der Waals surface area (Å²) in [4.78, 5) is 10.8. The lowest BCUT2D eigenvalue weighted by Gasteiger charge is -2.06. The number of aliphatic carboxylic acids is 1. The average Bonchev–Trinajstić information content (AvgIpc) is 2.59. The van der Waals surface area contributed by atoms with Gasteiger partial charge >= 0.3 is 5.97 Å². The maximum atomic E-state index is 10.8. The first-order chi connectivity index (χ1) is 6.72. The molecule has 0 aromatic heterocycles. The number of hydrogen-bond acceptors (Lipinski definition) is 3. The Balaban J connectivity index is 2.41. The Kier molecular flexibility index (Phi) is 2.23. The topological polar surface area (TPSA) is 69.6 Å². The zero-order valence-corrected chi connectivity index (χ0v) is 7.53. The van der Waals surface area contributed by atoms with Gasteiger partial charge in [-0.2, -0.15) is 0 Å². The number of aliphatic hydroxyl groups excluding tert-OH is 1. The highest BCUT2D eigenvalue weighted by atomic mass is 16.4. The molecule has 0 spiro atoms. The maximum Gasteiger partial charge on any atom is 0.325 e. The zero-order valence-electron chi connectivity index (χ0n) is 7.53. The monoisotopic (exact) mass is 193 g/mol. The van der Waals surface area contributed by atoms with Gasteiger partial charge in [-0.25, -0.2) is 0 Å². The molecule has 0 radical (unpaired) electrons. The predicted molar refractivity (Wildman–Crippen MR) is 49.6 cm³/mol. The van der Waals surface area contributed by atoms with Gasteiger partial charge in [0.2, 0.25) is 0 Å². The van der Waals surface area contributed by atoms with E-state index in [1.54, 1.807) is 6.07 Å². The summed E-state index contributed by atoms with van der Waals surface area (Å²) in [6, 6.07) is 4.78. The quantitative estimate of drug-likeness (QED) is 0.636. The largest absolute Gasteiger partial charge is 0.480 e. The lowest BCUT2D eigenvalue weighted by Crippen LogP contribution is -2.21. The molecule has 3 N–H and O–H groups in total. The van der Waals surface area contributed by atoms with Crippen LogP contribution in [0.5, 0.6) is 0 Å². The molecule has 4 nitrogen and oxygen atoms in total. The van der Waals surface area contributed by atoms with E-state index in [9.17, 15) is 4.79 Å². The van der Waals surface area contributed by atoms with Gasteiger partial charge in [-0.1, -0.05) is 18.2 Å². The molecule has 0 aliphatic carbocycles. The first-order valence-electron chi connectivity index (χ1n) is 4.41. The summed E-state index contributed by atoms with van der Waals surface area (Å²) in [5, 5.41) is 20.7. The number of fused-ring (bicyclic) bond motifs is 1. The van der Waals surface area contributed by atoms with Crippen LogP contribution < -0.4 is 5.32 Å². The van der Waals surface area contributed by atoms with Crippen LogP contribution in [-0.4, -0.2) is 16.2 Å². The zero-order chi connectivity index (χ0) is 10.1. The highest BCUT2D eigenvalue weighted by molar-refractivity contribution is 5.77. The highest BCUT2D eigenvalue weighted by Gasteiger charge is 2.27. The number of nitrogens with one attached hydrogen (secondary N) is 1. The Morgan fingerprint density at radius 1 is 1.57 bits per heavy atom. The summed E-state index contributed by atoms with van der Waals surface area (Å²) >= 11 is 0. The molecule has 1 heterocycles. The van der Waals surface area contributed by atoms with Gasteiger partial charge in [0.05, 0.1) is 6.61 Å². The van der Waals surface area contributed by atoms with Gasteiger partial charge in [-0.3, -0.25) is 10.1 Å². The number of carbonyl (C=O) groups is 1. The summed E-state index contributed by atoms with van der Waals surface area (Å²) in [6.45, 7) is 0.525. The maximum absolute atomic E-state index is 10.8. The van der Waals surface area contributed by atoms with Crippen molar-refractivity contribution in [2.45, 2.75) is 19.2 Å². The van der Waals surface area contributed by atoms with Crippen molar-refractivity contribution in [2.75, 3.05) is 0 Å². The number of aliphatic hydroxyl groups is 1. The van der Waals surface area contributed by atoms with E-state index in [2.05, 4.69) is 5.32 Å². The van der Waals surface area contributed by atoms with Gasteiger partial charge in [-0.05, 0) is 16.7 Å².